The summed E-state index contributed by atoms with van der Waals surface area (Å²) in [6.45, 7) is 2.05. The molecule has 2 rings (SSSR count). The van der Waals surface area contributed by atoms with Gasteiger partial charge in [0.05, 0.1) is 0 Å². The molecule has 0 amide bonds. The molecule has 2 aromatic carbocycles. The topological polar surface area (TPSA) is 0 Å². The summed E-state index contributed by atoms with van der Waals surface area (Å²) in [4.78, 5) is 0. The van der Waals surface area contributed by atoms with Crippen LogP contribution in [-0.4, -0.2) is 0 Å². The van der Waals surface area contributed by atoms with Crippen molar-refractivity contribution in [2.75, 3.05) is 0 Å². The molecule has 0 unspecified atom stereocenters. The average molecular weight is 396 g/mol. The molecule has 0 fully saturated rings. The summed E-state index contributed by atoms with van der Waals surface area (Å²) in [5.41, 5.74) is 1.22. The van der Waals surface area contributed by atoms with Gasteiger partial charge in [0, 0.05) is 5.02 Å². The molecular weight excluding hydrogens is 389 g/mol. The Kier molecular flexibility index (Phi) is 12.8. The monoisotopic (exact) mass is 392 g/mol. The van der Waals surface area contributed by atoms with Crippen LogP contribution in [0.15, 0.2) is 24.3 Å². The van der Waals surface area contributed by atoms with Gasteiger partial charge in [-0.05, 0) is 11.1 Å². The SMILES string of the molecule is Cc1cc2c(Cl)cc(Cl)cc2[cH-]1.[Cl-].[Cl-].[Cl-].[Zr+4]. The van der Waals surface area contributed by atoms with E-state index in [0.29, 0.717) is 5.02 Å². The first kappa shape index (κ1) is 22.4. The smallest absolute Gasteiger partial charge is 1.00 e. The first-order valence-corrected chi connectivity index (χ1v) is 4.44. The molecule has 86 valence electrons. The third-order valence-corrected chi connectivity index (χ3v) is 2.41. The first-order valence-electron chi connectivity index (χ1n) is 3.69. The van der Waals surface area contributed by atoms with E-state index in [1.807, 2.05) is 13.0 Å². The molecule has 0 saturated carbocycles. The molecule has 0 aliphatic rings. The summed E-state index contributed by atoms with van der Waals surface area (Å²) in [6.07, 6.45) is 0. The predicted octanol–water partition coefficient (Wildman–Crippen LogP) is -4.82. The van der Waals surface area contributed by atoms with E-state index in [-0.39, 0.29) is 63.4 Å². The van der Waals surface area contributed by atoms with Gasteiger partial charge in [0.1, 0.15) is 0 Å². The zero-order valence-corrected chi connectivity index (χ0v) is 14.4. The maximum atomic E-state index is 5.99. The molecule has 0 aliphatic carbocycles. The van der Waals surface area contributed by atoms with E-state index in [1.165, 1.54) is 5.56 Å². The van der Waals surface area contributed by atoms with Crippen molar-refractivity contribution < 1.29 is 63.4 Å². The van der Waals surface area contributed by atoms with Gasteiger partial charge in [0.25, 0.3) is 0 Å². The predicted molar refractivity (Wildman–Crippen MR) is 54.3 cm³/mol. The van der Waals surface area contributed by atoms with Crippen LogP contribution in [0, 0.1) is 6.92 Å². The Hall–Kier alpha value is 1.16. The summed E-state index contributed by atoms with van der Waals surface area (Å²) in [5, 5.41) is 3.62. The minimum Gasteiger partial charge on any atom is -1.00 e. The van der Waals surface area contributed by atoms with Crippen LogP contribution in [0.1, 0.15) is 5.56 Å². The fourth-order valence-corrected chi connectivity index (χ4v) is 1.95. The Morgan fingerprint density at radius 3 is 2.12 bits per heavy atom. The molecule has 0 spiro atoms. The minimum atomic E-state index is 0. The van der Waals surface area contributed by atoms with Crippen molar-refractivity contribution >= 4 is 34.0 Å². The van der Waals surface area contributed by atoms with Crippen LogP contribution in [0.2, 0.25) is 10.0 Å². The van der Waals surface area contributed by atoms with Crippen LogP contribution in [0.4, 0.5) is 0 Å². The van der Waals surface area contributed by atoms with E-state index in [9.17, 15) is 0 Å². The van der Waals surface area contributed by atoms with Crippen molar-refractivity contribution in [1.29, 1.82) is 0 Å². The van der Waals surface area contributed by atoms with Crippen LogP contribution < -0.4 is 37.2 Å². The van der Waals surface area contributed by atoms with Crippen LogP contribution in [0.25, 0.3) is 10.8 Å². The maximum absolute atomic E-state index is 5.99. The van der Waals surface area contributed by atoms with Crippen molar-refractivity contribution in [3.8, 4) is 0 Å². The molecule has 0 radical (unpaired) electrons. The Morgan fingerprint density at radius 2 is 1.56 bits per heavy atom. The maximum Gasteiger partial charge on any atom is 4.00 e. The number of rotatable bonds is 0. The number of hydrogen-bond acceptors (Lipinski definition) is 0. The molecule has 0 saturated heterocycles. The van der Waals surface area contributed by atoms with Crippen molar-refractivity contribution in [2.45, 2.75) is 6.92 Å². The van der Waals surface area contributed by atoms with Crippen LogP contribution >= 0.6 is 23.2 Å². The molecule has 0 aliphatic heterocycles. The Bertz CT molecular complexity index is 438. The molecule has 0 atom stereocenters. The quantitative estimate of drug-likeness (QED) is 0.393. The molecule has 0 bridgehead atoms. The normalized spacial score (nSPS) is 8.19. The first-order chi connectivity index (χ1) is 5.66. The average Bonchev–Trinajstić information content (AvgIpc) is 2.29. The van der Waals surface area contributed by atoms with Crippen LogP contribution in [-0.2, 0) is 26.2 Å². The Morgan fingerprint density at radius 1 is 1.00 bits per heavy atom. The van der Waals surface area contributed by atoms with Crippen LogP contribution in [0.3, 0.4) is 0 Å². The third kappa shape index (κ3) is 4.80. The second-order valence-corrected chi connectivity index (χ2v) is 3.77. The summed E-state index contributed by atoms with van der Waals surface area (Å²) in [6, 6.07) is 7.84. The minimum absolute atomic E-state index is 0. The summed E-state index contributed by atoms with van der Waals surface area (Å²) >= 11 is 11.8. The fraction of sp³-hybridized carbons (Fsp3) is 0.100. The van der Waals surface area contributed by atoms with E-state index in [2.05, 4.69) is 12.1 Å². The fourth-order valence-electron chi connectivity index (χ4n) is 1.39. The van der Waals surface area contributed by atoms with E-state index >= 15 is 0 Å². The molecule has 0 heterocycles. The van der Waals surface area contributed by atoms with E-state index in [0.717, 1.165) is 15.8 Å². The number of hydrogen-bond donors (Lipinski definition) is 0. The largest absolute Gasteiger partial charge is 4.00 e. The van der Waals surface area contributed by atoms with Gasteiger partial charge in [-0.1, -0.05) is 30.1 Å². The van der Waals surface area contributed by atoms with Gasteiger partial charge in [-0.3, -0.25) is 0 Å². The van der Waals surface area contributed by atoms with Crippen LogP contribution in [0.5, 0.6) is 0 Å². The third-order valence-electron chi connectivity index (χ3n) is 1.88. The molecule has 16 heavy (non-hydrogen) atoms. The van der Waals surface area contributed by atoms with Gasteiger partial charge in [-0.15, -0.1) is 28.5 Å². The van der Waals surface area contributed by atoms with E-state index in [4.69, 9.17) is 23.2 Å². The van der Waals surface area contributed by atoms with Crippen molar-refractivity contribution in [1.82, 2.24) is 0 Å². The second-order valence-electron chi connectivity index (χ2n) is 2.92. The van der Waals surface area contributed by atoms with Gasteiger partial charge in [-0.25, -0.2) is 0 Å². The van der Waals surface area contributed by atoms with Gasteiger partial charge in [-0.2, -0.15) is 6.07 Å². The molecule has 0 N–H and O–H groups in total. The zero-order valence-electron chi connectivity index (χ0n) is 8.20. The summed E-state index contributed by atoms with van der Waals surface area (Å²) in [5.74, 6) is 0. The van der Waals surface area contributed by atoms with Gasteiger partial charge in [0.15, 0.2) is 0 Å². The second kappa shape index (κ2) is 9.14. The van der Waals surface area contributed by atoms with Gasteiger partial charge in [0.2, 0.25) is 0 Å². The summed E-state index contributed by atoms with van der Waals surface area (Å²) < 4.78 is 0. The Labute approximate surface area is 143 Å². The molecule has 6 heteroatoms. The zero-order chi connectivity index (χ0) is 8.72. The van der Waals surface area contributed by atoms with Gasteiger partial charge >= 0.3 is 26.2 Å². The molecule has 0 nitrogen and oxygen atoms in total. The summed E-state index contributed by atoms with van der Waals surface area (Å²) in [7, 11) is 0. The van der Waals surface area contributed by atoms with E-state index in [1.54, 1.807) is 6.07 Å². The van der Waals surface area contributed by atoms with E-state index < -0.39 is 0 Å². The standard InChI is InChI=1S/C10H7Cl2.3ClH.Zr/c1-6-2-7-4-8(11)5-10(12)9(7)3-6;;;;/h2-5H,1H3;3*1H;/q-1;;;;+4/p-3. The molecule has 2 aromatic rings. The number of halogens is 5. The number of fused-ring (bicyclic) bond motifs is 1. The molecule has 0 aromatic heterocycles. The van der Waals surface area contributed by atoms with Crippen molar-refractivity contribution in [2.24, 2.45) is 0 Å². The number of benzene rings is 1. The number of aryl methyl sites for hydroxylation is 1. The van der Waals surface area contributed by atoms with Crippen molar-refractivity contribution in [3.63, 3.8) is 0 Å². The molecular formula is C10H7Cl5Zr. The Balaban J connectivity index is -0.000000422. The van der Waals surface area contributed by atoms with Gasteiger partial charge < -0.3 is 37.2 Å². The van der Waals surface area contributed by atoms with Crippen molar-refractivity contribution in [3.05, 3.63) is 39.9 Å².